The Balaban J connectivity index is 1.60. The molecule has 0 bridgehead atoms. The lowest BCUT2D eigenvalue weighted by atomic mass is 10.1. The lowest BCUT2D eigenvalue weighted by Crippen LogP contribution is -2.44. The molecular weight excluding hydrogens is 428 g/mol. The molecule has 1 saturated carbocycles. The lowest BCUT2D eigenvalue weighted by molar-refractivity contribution is 0.0970. The number of hydrogen-bond donors (Lipinski definition) is 1. The van der Waals surface area contributed by atoms with Gasteiger partial charge in [-0.1, -0.05) is 32.0 Å². The van der Waals surface area contributed by atoms with E-state index in [1.807, 2.05) is 29.7 Å². The summed E-state index contributed by atoms with van der Waals surface area (Å²) in [4.78, 5) is 33.4. The van der Waals surface area contributed by atoms with Crippen molar-refractivity contribution in [3.63, 3.8) is 0 Å². The monoisotopic (exact) mass is 458 g/mol. The molecule has 0 radical (unpaired) electrons. The molecule has 2 atom stereocenters. The van der Waals surface area contributed by atoms with Gasteiger partial charge in [-0.3, -0.25) is 14.2 Å². The summed E-state index contributed by atoms with van der Waals surface area (Å²) in [5, 5.41) is 13.4. The van der Waals surface area contributed by atoms with Crippen molar-refractivity contribution in [2.24, 2.45) is 11.8 Å². The fourth-order valence-corrected chi connectivity index (χ4v) is 4.95. The normalized spacial score (nSPS) is 19.9. The van der Waals surface area contributed by atoms with Gasteiger partial charge in [0, 0.05) is 38.3 Å². The molecule has 1 aliphatic carbocycles. The van der Waals surface area contributed by atoms with Crippen LogP contribution < -0.4 is 15.8 Å². The topological polar surface area (TPSA) is 95.9 Å². The molecule has 176 valence electrons. The van der Waals surface area contributed by atoms with E-state index in [1.165, 1.54) is 10.9 Å². The SMILES string of the molecule is CCc1cccc(C(=O)Cn2cnc3c(C#N)c(N4CCNCC4)n(C[C@H]4C[C@@H]4C)c3c2=O)c1. The summed E-state index contributed by atoms with van der Waals surface area (Å²) < 4.78 is 3.40. The molecule has 2 fully saturated rings. The number of benzene rings is 1. The Morgan fingerprint density at radius 2 is 2.06 bits per heavy atom. The highest BCUT2D eigenvalue weighted by Gasteiger charge is 2.36. The van der Waals surface area contributed by atoms with Crippen molar-refractivity contribution in [1.82, 2.24) is 19.4 Å². The van der Waals surface area contributed by atoms with Crippen molar-refractivity contribution in [1.29, 1.82) is 5.26 Å². The van der Waals surface area contributed by atoms with Crippen molar-refractivity contribution in [3.8, 4) is 6.07 Å². The summed E-state index contributed by atoms with van der Waals surface area (Å²) >= 11 is 0. The first-order valence-corrected chi connectivity index (χ1v) is 12.1. The molecule has 1 saturated heterocycles. The minimum absolute atomic E-state index is 0.0786. The summed E-state index contributed by atoms with van der Waals surface area (Å²) in [6.07, 6.45) is 3.37. The number of fused-ring (bicyclic) bond motifs is 1. The standard InChI is InChI=1S/C26H30N6O2/c1-3-18-5-4-6-19(12-18)22(33)15-31-16-29-23-21(13-27)25(30-9-7-28-8-10-30)32(24(23)26(31)34)14-20-11-17(20)2/h4-6,12,16-17,20,28H,3,7-11,14-15H2,1-2H3/t17-,20+/m0/s1. The maximum atomic E-state index is 13.7. The molecule has 3 aromatic rings. The first-order chi connectivity index (χ1) is 16.5. The summed E-state index contributed by atoms with van der Waals surface area (Å²) in [7, 11) is 0. The number of anilines is 1. The number of ketones is 1. The number of aryl methyl sites for hydroxylation is 1. The quantitative estimate of drug-likeness (QED) is 0.547. The van der Waals surface area contributed by atoms with Crippen molar-refractivity contribution in [2.45, 2.75) is 39.8 Å². The second-order valence-electron chi connectivity index (χ2n) is 9.48. The maximum Gasteiger partial charge on any atom is 0.278 e. The maximum absolute atomic E-state index is 13.7. The average Bonchev–Trinajstić information content (AvgIpc) is 3.46. The molecule has 0 unspecified atom stereocenters. The van der Waals surface area contributed by atoms with Crippen LogP contribution in [0.5, 0.6) is 0 Å². The number of hydrogen-bond acceptors (Lipinski definition) is 6. The lowest BCUT2D eigenvalue weighted by Gasteiger charge is -2.30. The van der Waals surface area contributed by atoms with E-state index in [9.17, 15) is 14.9 Å². The van der Waals surface area contributed by atoms with E-state index >= 15 is 0 Å². The Morgan fingerprint density at radius 3 is 2.74 bits per heavy atom. The van der Waals surface area contributed by atoms with E-state index in [1.54, 1.807) is 6.07 Å². The third-order valence-electron chi connectivity index (χ3n) is 7.19. The first-order valence-electron chi connectivity index (χ1n) is 12.1. The van der Waals surface area contributed by atoms with Gasteiger partial charge in [-0.2, -0.15) is 5.26 Å². The molecule has 8 nitrogen and oxygen atoms in total. The predicted molar refractivity (Wildman–Crippen MR) is 131 cm³/mol. The Hall–Kier alpha value is -3.44. The molecule has 1 aliphatic heterocycles. The predicted octanol–water partition coefficient (Wildman–Crippen LogP) is 2.58. The third-order valence-corrected chi connectivity index (χ3v) is 7.19. The fourth-order valence-electron chi connectivity index (χ4n) is 4.95. The zero-order valence-corrected chi connectivity index (χ0v) is 19.8. The molecule has 8 heteroatoms. The van der Waals surface area contributed by atoms with Gasteiger partial charge in [0.2, 0.25) is 0 Å². The molecule has 1 N–H and O–H groups in total. The molecule has 2 aliphatic rings. The fraction of sp³-hybridized carbons (Fsp3) is 0.462. The highest BCUT2D eigenvalue weighted by molar-refractivity contribution is 5.96. The molecule has 3 heterocycles. The summed E-state index contributed by atoms with van der Waals surface area (Å²) in [5.74, 6) is 1.75. The third kappa shape index (κ3) is 4.01. The summed E-state index contributed by atoms with van der Waals surface area (Å²) in [5.41, 5.74) is 2.73. The Labute approximate surface area is 198 Å². The van der Waals surface area contributed by atoms with Gasteiger partial charge < -0.3 is 14.8 Å². The van der Waals surface area contributed by atoms with Crippen LogP contribution in [0.1, 0.15) is 41.8 Å². The zero-order chi connectivity index (χ0) is 23.8. The summed E-state index contributed by atoms with van der Waals surface area (Å²) in [6.45, 7) is 8.06. The highest BCUT2D eigenvalue weighted by atomic mass is 16.1. The van der Waals surface area contributed by atoms with E-state index in [0.717, 1.165) is 50.4 Å². The second kappa shape index (κ2) is 9.07. The first kappa shape index (κ1) is 22.4. The van der Waals surface area contributed by atoms with E-state index in [-0.39, 0.29) is 17.9 Å². The Morgan fingerprint density at radius 1 is 1.29 bits per heavy atom. The van der Waals surface area contributed by atoms with Crippen molar-refractivity contribution >= 4 is 22.6 Å². The van der Waals surface area contributed by atoms with Crippen LogP contribution in [0, 0.1) is 23.2 Å². The van der Waals surface area contributed by atoms with Gasteiger partial charge in [0.15, 0.2) is 5.78 Å². The molecule has 34 heavy (non-hydrogen) atoms. The van der Waals surface area contributed by atoms with Crippen molar-refractivity contribution in [2.75, 3.05) is 31.1 Å². The molecule has 1 aromatic carbocycles. The number of aromatic nitrogens is 3. The van der Waals surface area contributed by atoms with Gasteiger partial charge in [-0.15, -0.1) is 0 Å². The van der Waals surface area contributed by atoms with E-state index < -0.39 is 0 Å². The van der Waals surface area contributed by atoms with Crippen LogP contribution >= 0.6 is 0 Å². The number of nitrogens with one attached hydrogen (secondary N) is 1. The molecule has 2 aromatic heterocycles. The van der Waals surface area contributed by atoms with Crippen LogP contribution in [-0.4, -0.2) is 46.1 Å². The van der Waals surface area contributed by atoms with Gasteiger partial charge in [-0.05, 0) is 36.3 Å². The van der Waals surface area contributed by atoms with Crippen LogP contribution in [0.2, 0.25) is 0 Å². The number of carbonyl (C=O) groups is 1. The van der Waals surface area contributed by atoms with Crippen LogP contribution in [0.3, 0.4) is 0 Å². The van der Waals surface area contributed by atoms with E-state index in [2.05, 4.69) is 28.2 Å². The minimum Gasteiger partial charge on any atom is -0.354 e. The highest BCUT2D eigenvalue weighted by Crippen LogP contribution is 2.41. The van der Waals surface area contributed by atoms with Crippen LogP contribution in [0.15, 0.2) is 35.4 Å². The van der Waals surface area contributed by atoms with Crippen molar-refractivity contribution in [3.05, 3.63) is 57.6 Å². The van der Waals surface area contributed by atoms with Gasteiger partial charge in [-0.25, -0.2) is 4.98 Å². The number of carbonyl (C=O) groups excluding carboxylic acids is 1. The van der Waals surface area contributed by atoms with E-state index in [4.69, 9.17) is 0 Å². The number of Topliss-reactive ketones (excluding diaryl/α,β-unsaturated/α-hetero) is 1. The Bertz CT molecular complexity index is 1340. The van der Waals surface area contributed by atoms with Gasteiger partial charge >= 0.3 is 0 Å². The van der Waals surface area contributed by atoms with Crippen LogP contribution in [-0.2, 0) is 19.5 Å². The summed E-state index contributed by atoms with van der Waals surface area (Å²) in [6, 6.07) is 9.85. The minimum atomic E-state index is -0.267. The molecule has 0 spiro atoms. The number of nitrogens with zero attached hydrogens (tertiary/aromatic N) is 5. The van der Waals surface area contributed by atoms with Gasteiger partial charge in [0.05, 0.1) is 12.9 Å². The second-order valence-corrected chi connectivity index (χ2v) is 9.48. The van der Waals surface area contributed by atoms with Gasteiger partial charge in [0.25, 0.3) is 5.56 Å². The molecule has 5 rings (SSSR count). The van der Waals surface area contributed by atoms with Crippen molar-refractivity contribution < 1.29 is 4.79 Å². The number of piperazine rings is 1. The van der Waals surface area contributed by atoms with E-state index in [0.29, 0.717) is 40.5 Å². The Kier molecular flexibility index (Phi) is 5.96. The van der Waals surface area contributed by atoms with Gasteiger partial charge in [0.1, 0.15) is 28.5 Å². The smallest absolute Gasteiger partial charge is 0.278 e. The zero-order valence-electron chi connectivity index (χ0n) is 19.8. The average molecular weight is 459 g/mol. The molecule has 0 amide bonds. The largest absolute Gasteiger partial charge is 0.354 e. The molecular formula is C26H30N6O2. The number of rotatable bonds is 7. The van der Waals surface area contributed by atoms with Crippen LogP contribution in [0.25, 0.3) is 11.0 Å². The van der Waals surface area contributed by atoms with Crippen LogP contribution in [0.4, 0.5) is 5.82 Å². The number of nitriles is 1.